The van der Waals surface area contributed by atoms with Crippen molar-refractivity contribution >= 4 is 12.4 Å². The van der Waals surface area contributed by atoms with Crippen molar-refractivity contribution in [1.82, 2.24) is 30.5 Å². The van der Waals surface area contributed by atoms with E-state index in [1.807, 2.05) is 0 Å². The molecule has 6 nitrogen and oxygen atoms in total. The molecule has 0 unspecified atom stereocenters. The molecule has 3 rings (SSSR count). The SMILES string of the molecule is C1CN(CCN2CCc3[nH]nnc3C2)CCN1.Cl. The first-order chi connectivity index (χ1) is 8.42. The van der Waals surface area contributed by atoms with Crippen LogP contribution in [-0.2, 0) is 13.0 Å². The van der Waals surface area contributed by atoms with Crippen LogP contribution in [0.5, 0.6) is 0 Å². The summed E-state index contributed by atoms with van der Waals surface area (Å²) in [6, 6.07) is 0. The predicted octanol–water partition coefficient (Wildman–Crippen LogP) is -0.510. The molecule has 2 aliphatic heterocycles. The number of rotatable bonds is 3. The average Bonchev–Trinajstić information content (AvgIpc) is 2.85. The Morgan fingerprint density at radius 3 is 2.67 bits per heavy atom. The Morgan fingerprint density at radius 2 is 1.83 bits per heavy atom. The van der Waals surface area contributed by atoms with Crippen molar-refractivity contribution in [2.24, 2.45) is 0 Å². The third-order valence-electron chi connectivity index (χ3n) is 3.70. The van der Waals surface area contributed by atoms with Crippen molar-refractivity contribution in [2.75, 3.05) is 45.8 Å². The van der Waals surface area contributed by atoms with Crippen LogP contribution in [0.15, 0.2) is 0 Å². The summed E-state index contributed by atoms with van der Waals surface area (Å²) in [6.45, 7) is 9.04. The Hall–Kier alpha value is -0.690. The van der Waals surface area contributed by atoms with Crippen LogP contribution in [0.1, 0.15) is 11.4 Å². The largest absolute Gasteiger partial charge is 0.314 e. The summed E-state index contributed by atoms with van der Waals surface area (Å²) in [5, 5.41) is 14.4. The van der Waals surface area contributed by atoms with E-state index in [1.165, 1.54) is 25.3 Å². The molecular weight excluding hydrogens is 252 g/mol. The lowest BCUT2D eigenvalue weighted by Crippen LogP contribution is -2.46. The molecule has 1 saturated heterocycles. The fourth-order valence-corrected chi connectivity index (χ4v) is 2.57. The monoisotopic (exact) mass is 272 g/mol. The number of hydrogen-bond donors (Lipinski definition) is 2. The zero-order valence-corrected chi connectivity index (χ0v) is 11.4. The van der Waals surface area contributed by atoms with Gasteiger partial charge in [0.1, 0.15) is 0 Å². The molecule has 18 heavy (non-hydrogen) atoms. The summed E-state index contributed by atoms with van der Waals surface area (Å²) in [5.41, 5.74) is 2.36. The first-order valence-corrected chi connectivity index (χ1v) is 6.46. The molecule has 1 aromatic heterocycles. The molecule has 0 bridgehead atoms. The number of fused-ring (bicyclic) bond motifs is 1. The Bertz CT molecular complexity index is 362. The van der Waals surface area contributed by atoms with Crippen LogP contribution in [0.3, 0.4) is 0 Å². The van der Waals surface area contributed by atoms with Gasteiger partial charge in [0.05, 0.1) is 11.4 Å². The van der Waals surface area contributed by atoms with E-state index in [0.717, 1.165) is 44.8 Å². The van der Waals surface area contributed by atoms with Gasteiger partial charge in [0.25, 0.3) is 0 Å². The lowest BCUT2D eigenvalue weighted by Gasteiger charge is -2.31. The second-order valence-corrected chi connectivity index (χ2v) is 4.85. The van der Waals surface area contributed by atoms with Crippen LogP contribution in [0, 0.1) is 0 Å². The first kappa shape index (κ1) is 13.7. The fourth-order valence-electron chi connectivity index (χ4n) is 2.57. The highest BCUT2D eigenvalue weighted by atomic mass is 35.5. The van der Waals surface area contributed by atoms with E-state index < -0.39 is 0 Å². The van der Waals surface area contributed by atoms with Gasteiger partial charge in [-0.15, -0.1) is 17.5 Å². The van der Waals surface area contributed by atoms with Crippen LogP contribution < -0.4 is 5.32 Å². The van der Waals surface area contributed by atoms with Gasteiger partial charge in [-0.25, -0.2) is 0 Å². The number of nitrogens with zero attached hydrogens (tertiary/aromatic N) is 4. The molecule has 2 aliphatic rings. The molecule has 1 aromatic rings. The minimum Gasteiger partial charge on any atom is -0.314 e. The fraction of sp³-hybridized carbons (Fsp3) is 0.818. The molecule has 0 saturated carbocycles. The number of nitrogens with one attached hydrogen (secondary N) is 2. The van der Waals surface area contributed by atoms with Crippen molar-refractivity contribution < 1.29 is 0 Å². The molecule has 0 amide bonds. The standard InChI is InChI=1S/C11H20N6.ClH/c1-4-17(9-11-10(1)13-15-14-11)8-7-16-5-2-12-3-6-16;/h12H,1-9H2,(H,13,14,15);1H. The predicted molar refractivity (Wildman–Crippen MR) is 71.9 cm³/mol. The highest BCUT2D eigenvalue weighted by molar-refractivity contribution is 5.85. The van der Waals surface area contributed by atoms with Crippen LogP contribution in [0.25, 0.3) is 0 Å². The number of aromatic nitrogens is 3. The lowest BCUT2D eigenvalue weighted by atomic mass is 10.1. The molecule has 0 radical (unpaired) electrons. The molecule has 0 aromatic carbocycles. The molecule has 2 N–H and O–H groups in total. The van der Waals surface area contributed by atoms with Crippen molar-refractivity contribution in [3.63, 3.8) is 0 Å². The Kier molecular flexibility index (Phi) is 4.94. The average molecular weight is 273 g/mol. The van der Waals surface area contributed by atoms with Gasteiger partial charge in [0, 0.05) is 58.8 Å². The van der Waals surface area contributed by atoms with Gasteiger partial charge in [0.2, 0.25) is 0 Å². The van der Waals surface area contributed by atoms with Gasteiger partial charge in [-0.3, -0.25) is 14.9 Å². The summed E-state index contributed by atoms with van der Waals surface area (Å²) < 4.78 is 0. The Labute approximate surface area is 114 Å². The normalized spacial score (nSPS) is 21.3. The summed E-state index contributed by atoms with van der Waals surface area (Å²) in [6.07, 6.45) is 1.06. The van der Waals surface area contributed by atoms with E-state index in [1.54, 1.807) is 0 Å². The topological polar surface area (TPSA) is 60.1 Å². The number of halogens is 1. The molecular formula is C11H21ClN6. The molecule has 1 fully saturated rings. The summed E-state index contributed by atoms with van der Waals surface area (Å²) >= 11 is 0. The zero-order chi connectivity index (χ0) is 11.5. The van der Waals surface area contributed by atoms with Crippen LogP contribution in [0.4, 0.5) is 0 Å². The van der Waals surface area contributed by atoms with Gasteiger partial charge in [0.15, 0.2) is 0 Å². The minimum absolute atomic E-state index is 0. The third kappa shape index (κ3) is 3.20. The number of H-pyrrole nitrogens is 1. The first-order valence-electron chi connectivity index (χ1n) is 6.46. The summed E-state index contributed by atoms with van der Waals surface area (Å²) in [4.78, 5) is 5.02. The maximum atomic E-state index is 4.13. The Balaban J connectivity index is 0.00000120. The molecule has 7 heteroatoms. The molecule has 0 aliphatic carbocycles. The van der Waals surface area contributed by atoms with Crippen molar-refractivity contribution in [3.05, 3.63) is 11.4 Å². The Morgan fingerprint density at radius 1 is 1.06 bits per heavy atom. The lowest BCUT2D eigenvalue weighted by molar-refractivity contribution is 0.178. The van der Waals surface area contributed by atoms with Crippen molar-refractivity contribution in [2.45, 2.75) is 13.0 Å². The van der Waals surface area contributed by atoms with E-state index in [-0.39, 0.29) is 12.4 Å². The molecule has 0 spiro atoms. The van der Waals surface area contributed by atoms with Gasteiger partial charge in [-0.1, -0.05) is 5.21 Å². The number of hydrogen-bond acceptors (Lipinski definition) is 5. The third-order valence-corrected chi connectivity index (χ3v) is 3.70. The van der Waals surface area contributed by atoms with Crippen LogP contribution in [-0.4, -0.2) is 71.0 Å². The van der Waals surface area contributed by atoms with Crippen LogP contribution >= 0.6 is 12.4 Å². The summed E-state index contributed by atoms with van der Waals surface area (Å²) in [7, 11) is 0. The van der Waals surface area contributed by atoms with Crippen LogP contribution in [0.2, 0.25) is 0 Å². The summed E-state index contributed by atoms with van der Waals surface area (Å²) in [5.74, 6) is 0. The second kappa shape index (κ2) is 6.47. The van der Waals surface area contributed by atoms with Crippen molar-refractivity contribution in [1.29, 1.82) is 0 Å². The second-order valence-electron chi connectivity index (χ2n) is 4.85. The zero-order valence-electron chi connectivity index (χ0n) is 10.6. The highest BCUT2D eigenvalue weighted by Gasteiger charge is 2.19. The van der Waals surface area contributed by atoms with E-state index in [4.69, 9.17) is 0 Å². The van der Waals surface area contributed by atoms with Gasteiger partial charge < -0.3 is 5.32 Å². The molecule has 102 valence electrons. The number of aromatic amines is 1. The van der Waals surface area contributed by atoms with E-state index >= 15 is 0 Å². The van der Waals surface area contributed by atoms with Gasteiger partial charge in [-0.2, -0.15) is 0 Å². The van der Waals surface area contributed by atoms with Gasteiger partial charge in [-0.05, 0) is 0 Å². The van der Waals surface area contributed by atoms with Gasteiger partial charge >= 0.3 is 0 Å². The molecule has 3 heterocycles. The highest BCUT2D eigenvalue weighted by Crippen LogP contribution is 2.13. The quantitative estimate of drug-likeness (QED) is 0.776. The maximum absolute atomic E-state index is 4.13. The maximum Gasteiger partial charge on any atom is 0.0996 e. The number of piperazine rings is 1. The van der Waals surface area contributed by atoms with E-state index in [0.29, 0.717) is 0 Å². The molecule has 0 atom stereocenters. The van der Waals surface area contributed by atoms with Crippen molar-refractivity contribution in [3.8, 4) is 0 Å². The minimum atomic E-state index is 0. The van der Waals surface area contributed by atoms with E-state index in [9.17, 15) is 0 Å². The van der Waals surface area contributed by atoms with E-state index in [2.05, 4.69) is 30.5 Å². The smallest absolute Gasteiger partial charge is 0.0996 e.